The predicted octanol–water partition coefficient (Wildman–Crippen LogP) is 3.56. The van der Waals surface area contributed by atoms with Gasteiger partial charge in [-0.25, -0.2) is 4.98 Å². The van der Waals surface area contributed by atoms with Crippen molar-refractivity contribution in [1.29, 1.82) is 0 Å². The fraction of sp³-hybridized carbons (Fsp3) is 0.308. The second kappa shape index (κ2) is 5.82. The van der Waals surface area contributed by atoms with E-state index in [4.69, 9.17) is 10.5 Å². The molecule has 0 bridgehead atoms. The molecule has 96 valence electrons. The van der Waals surface area contributed by atoms with E-state index in [9.17, 15) is 0 Å². The van der Waals surface area contributed by atoms with Crippen molar-refractivity contribution in [1.82, 2.24) is 4.98 Å². The van der Waals surface area contributed by atoms with Crippen LogP contribution in [0.5, 0.6) is 5.75 Å². The van der Waals surface area contributed by atoms with Crippen LogP contribution in [0.2, 0.25) is 0 Å². The first-order valence-corrected chi connectivity index (χ1v) is 7.24. The zero-order valence-corrected chi connectivity index (χ0v) is 12.8. The molecule has 5 heteroatoms. The van der Waals surface area contributed by atoms with Gasteiger partial charge in [-0.2, -0.15) is 0 Å². The maximum atomic E-state index is 5.88. The monoisotopic (exact) mass is 326 g/mol. The minimum Gasteiger partial charge on any atom is -0.487 e. The van der Waals surface area contributed by atoms with Crippen LogP contribution in [0.25, 0.3) is 0 Å². The Kier molecular flexibility index (Phi) is 4.37. The SMILES string of the molecule is Cc1ncc(COc2c(C)cc(Br)cc2CN)s1. The van der Waals surface area contributed by atoms with Gasteiger partial charge in [-0.05, 0) is 31.5 Å². The number of aryl methyl sites for hydroxylation is 2. The van der Waals surface area contributed by atoms with E-state index in [1.165, 1.54) is 0 Å². The molecule has 1 heterocycles. The summed E-state index contributed by atoms with van der Waals surface area (Å²) in [6, 6.07) is 4.03. The summed E-state index contributed by atoms with van der Waals surface area (Å²) in [5, 5.41) is 1.06. The fourth-order valence-electron chi connectivity index (χ4n) is 1.77. The van der Waals surface area contributed by atoms with Crippen molar-refractivity contribution < 1.29 is 4.74 Å². The van der Waals surface area contributed by atoms with Crippen LogP contribution >= 0.6 is 27.3 Å². The van der Waals surface area contributed by atoms with Crippen molar-refractivity contribution in [3.8, 4) is 5.75 Å². The van der Waals surface area contributed by atoms with Gasteiger partial charge in [0.2, 0.25) is 0 Å². The van der Waals surface area contributed by atoms with Crippen LogP contribution in [0, 0.1) is 13.8 Å². The van der Waals surface area contributed by atoms with Gasteiger partial charge < -0.3 is 10.5 Å². The third kappa shape index (κ3) is 3.10. The molecular weight excluding hydrogens is 312 g/mol. The second-order valence-corrected chi connectivity index (χ2v) is 6.28. The number of halogens is 1. The number of hydrogen-bond acceptors (Lipinski definition) is 4. The topological polar surface area (TPSA) is 48.1 Å². The average molecular weight is 327 g/mol. The second-order valence-electron chi connectivity index (χ2n) is 4.05. The number of thiazole rings is 1. The number of hydrogen-bond donors (Lipinski definition) is 1. The number of nitrogens with zero attached hydrogens (tertiary/aromatic N) is 1. The van der Waals surface area contributed by atoms with E-state index in [0.29, 0.717) is 13.2 Å². The highest BCUT2D eigenvalue weighted by Gasteiger charge is 2.09. The van der Waals surface area contributed by atoms with E-state index in [1.807, 2.05) is 32.2 Å². The molecule has 0 radical (unpaired) electrons. The molecule has 0 aliphatic carbocycles. The van der Waals surface area contributed by atoms with Crippen LogP contribution in [-0.4, -0.2) is 4.98 Å². The number of aromatic nitrogens is 1. The van der Waals surface area contributed by atoms with Gasteiger partial charge in [-0.15, -0.1) is 11.3 Å². The minimum atomic E-state index is 0.470. The van der Waals surface area contributed by atoms with Crippen molar-refractivity contribution in [3.05, 3.63) is 43.8 Å². The third-order valence-electron chi connectivity index (χ3n) is 2.56. The van der Waals surface area contributed by atoms with Crippen LogP contribution < -0.4 is 10.5 Å². The molecule has 0 saturated carbocycles. The zero-order chi connectivity index (χ0) is 13.1. The molecule has 1 aromatic heterocycles. The first-order valence-electron chi connectivity index (χ1n) is 5.63. The Labute approximate surface area is 119 Å². The summed E-state index contributed by atoms with van der Waals surface area (Å²) >= 11 is 5.12. The molecule has 2 N–H and O–H groups in total. The van der Waals surface area contributed by atoms with Crippen LogP contribution in [-0.2, 0) is 13.2 Å². The fourth-order valence-corrected chi connectivity index (χ4v) is 3.10. The van der Waals surface area contributed by atoms with Crippen LogP contribution in [0.3, 0.4) is 0 Å². The normalized spacial score (nSPS) is 10.7. The molecule has 0 fully saturated rings. The Morgan fingerprint density at radius 1 is 1.39 bits per heavy atom. The Hall–Kier alpha value is -0.910. The van der Waals surface area contributed by atoms with E-state index in [-0.39, 0.29) is 0 Å². The molecule has 0 spiro atoms. The summed E-state index contributed by atoms with van der Waals surface area (Å²) in [4.78, 5) is 5.34. The van der Waals surface area contributed by atoms with Crippen molar-refractivity contribution in [2.45, 2.75) is 27.0 Å². The van der Waals surface area contributed by atoms with Crippen LogP contribution in [0.15, 0.2) is 22.8 Å². The first kappa shape index (κ1) is 13.5. The Morgan fingerprint density at radius 3 is 2.78 bits per heavy atom. The molecule has 0 aliphatic rings. The number of rotatable bonds is 4. The Bertz CT molecular complexity index is 554. The molecule has 1 aromatic carbocycles. The smallest absolute Gasteiger partial charge is 0.127 e. The van der Waals surface area contributed by atoms with Crippen molar-refractivity contribution in [2.75, 3.05) is 0 Å². The molecule has 0 amide bonds. The average Bonchev–Trinajstić information content (AvgIpc) is 2.73. The molecule has 3 nitrogen and oxygen atoms in total. The summed E-state index contributed by atoms with van der Waals surface area (Å²) in [5.74, 6) is 0.881. The van der Waals surface area contributed by atoms with Gasteiger partial charge in [0.05, 0.1) is 9.88 Å². The molecule has 0 unspecified atom stereocenters. The summed E-state index contributed by atoms with van der Waals surface area (Å²) in [6.07, 6.45) is 1.86. The first-order chi connectivity index (χ1) is 8.60. The summed E-state index contributed by atoms with van der Waals surface area (Å²) in [6.45, 7) is 5.03. The van der Waals surface area contributed by atoms with Gasteiger partial charge in [0.1, 0.15) is 12.4 Å². The van der Waals surface area contributed by atoms with Gasteiger partial charge in [0, 0.05) is 22.8 Å². The molecule has 2 aromatic rings. The Morgan fingerprint density at radius 2 is 2.17 bits per heavy atom. The zero-order valence-electron chi connectivity index (χ0n) is 10.4. The van der Waals surface area contributed by atoms with Gasteiger partial charge in [-0.3, -0.25) is 0 Å². The maximum absolute atomic E-state index is 5.88. The highest BCUT2D eigenvalue weighted by Crippen LogP contribution is 2.29. The molecular formula is C13H15BrN2OS. The van der Waals surface area contributed by atoms with Crippen LogP contribution in [0.4, 0.5) is 0 Å². The highest BCUT2D eigenvalue weighted by atomic mass is 79.9. The Balaban J connectivity index is 2.18. The highest BCUT2D eigenvalue weighted by molar-refractivity contribution is 9.10. The van der Waals surface area contributed by atoms with E-state index >= 15 is 0 Å². The van der Waals surface area contributed by atoms with Gasteiger partial charge in [0.15, 0.2) is 0 Å². The quantitative estimate of drug-likeness (QED) is 0.934. The van der Waals surface area contributed by atoms with E-state index in [1.54, 1.807) is 11.3 Å². The molecule has 0 saturated heterocycles. The van der Waals surface area contributed by atoms with E-state index < -0.39 is 0 Å². The third-order valence-corrected chi connectivity index (χ3v) is 3.91. The number of nitrogens with two attached hydrogens (primary N) is 1. The predicted molar refractivity (Wildman–Crippen MR) is 78.0 cm³/mol. The summed E-state index contributed by atoms with van der Waals surface area (Å²) in [5.41, 5.74) is 7.86. The minimum absolute atomic E-state index is 0.470. The molecule has 0 atom stereocenters. The summed E-state index contributed by atoms with van der Waals surface area (Å²) in [7, 11) is 0. The van der Waals surface area contributed by atoms with Crippen molar-refractivity contribution >= 4 is 27.3 Å². The van der Waals surface area contributed by atoms with Gasteiger partial charge in [-0.1, -0.05) is 15.9 Å². The summed E-state index contributed by atoms with van der Waals surface area (Å²) < 4.78 is 6.91. The lowest BCUT2D eigenvalue weighted by Crippen LogP contribution is -2.04. The molecule has 0 aliphatic heterocycles. The molecule has 2 rings (SSSR count). The number of benzene rings is 1. The maximum Gasteiger partial charge on any atom is 0.127 e. The lowest BCUT2D eigenvalue weighted by molar-refractivity contribution is 0.304. The van der Waals surface area contributed by atoms with Gasteiger partial charge >= 0.3 is 0 Å². The van der Waals surface area contributed by atoms with E-state index in [0.717, 1.165) is 31.2 Å². The van der Waals surface area contributed by atoms with Gasteiger partial charge in [0.25, 0.3) is 0 Å². The molecule has 18 heavy (non-hydrogen) atoms. The van der Waals surface area contributed by atoms with Crippen LogP contribution in [0.1, 0.15) is 21.0 Å². The van der Waals surface area contributed by atoms with Crippen molar-refractivity contribution in [3.63, 3.8) is 0 Å². The van der Waals surface area contributed by atoms with Crippen molar-refractivity contribution in [2.24, 2.45) is 5.73 Å². The lowest BCUT2D eigenvalue weighted by atomic mass is 10.1. The largest absolute Gasteiger partial charge is 0.487 e. The number of ether oxygens (including phenoxy) is 1. The van der Waals surface area contributed by atoms with E-state index in [2.05, 4.69) is 20.9 Å². The lowest BCUT2D eigenvalue weighted by Gasteiger charge is -2.13. The standard InChI is InChI=1S/C13H15BrN2OS/c1-8-3-11(14)4-10(5-15)13(8)17-7-12-6-16-9(2)18-12/h3-4,6H,5,7,15H2,1-2H3.